The van der Waals surface area contributed by atoms with E-state index in [4.69, 9.17) is 0 Å². The number of ketones is 2. The highest BCUT2D eigenvalue weighted by atomic mass is 16.1. The van der Waals surface area contributed by atoms with Crippen molar-refractivity contribution >= 4 is 11.6 Å². The third kappa shape index (κ3) is 5.71. The van der Waals surface area contributed by atoms with Gasteiger partial charge >= 0.3 is 0 Å². The van der Waals surface area contributed by atoms with Crippen molar-refractivity contribution in [3.8, 4) is 0 Å². The van der Waals surface area contributed by atoms with Gasteiger partial charge in [0.05, 0.1) is 6.42 Å². The summed E-state index contributed by atoms with van der Waals surface area (Å²) in [6.45, 7) is 10.1. The first-order valence-corrected chi connectivity index (χ1v) is 5.83. The average molecular weight is 212 g/mol. The number of Topliss-reactive ketones (excluding diaryl/α,β-unsaturated/α-hetero) is 2. The average Bonchev–Trinajstić information content (AvgIpc) is 2.11. The molecule has 0 N–H and O–H groups in total. The van der Waals surface area contributed by atoms with Crippen LogP contribution in [0.25, 0.3) is 0 Å². The van der Waals surface area contributed by atoms with Crippen LogP contribution in [0.3, 0.4) is 0 Å². The van der Waals surface area contributed by atoms with Gasteiger partial charge in [-0.2, -0.15) is 0 Å². The molecule has 0 saturated carbocycles. The zero-order valence-electron chi connectivity index (χ0n) is 10.7. The maximum absolute atomic E-state index is 11.7. The summed E-state index contributed by atoms with van der Waals surface area (Å²) in [5, 5.41) is 0. The molecular formula is C13H24O2. The molecule has 2 heteroatoms. The van der Waals surface area contributed by atoms with Gasteiger partial charge < -0.3 is 0 Å². The first-order chi connectivity index (χ1) is 6.79. The maximum atomic E-state index is 11.7. The largest absolute Gasteiger partial charge is 0.299 e. The summed E-state index contributed by atoms with van der Waals surface area (Å²) in [5.74, 6) is 0.143. The molecule has 0 saturated heterocycles. The normalized spacial score (nSPS) is 13.7. The van der Waals surface area contributed by atoms with Crippen LogP contribution in [0.2, 0.25) is 0 Å². The number of carbonyl (C=O) groups is 2. The van der Waals surface area contributed by atoms with Crippen molar-refractivity contribution in [2.45, 2.75) is 60.3 Å². The third-order valence-electron chi connectivity index (χ3n) is 2.96. The highest BCUT2D eigenvalue weighted by Crippen LogP contribution is 2.27. The predicted octanol–water partition coefficient (Wildman–Crippen LogP) is 3.39. The van der Waals surface area contributed by atoms with Gasteiger partial charge in [-0.15, -0.1) is 0 Å². The van der Waals surface area contributed by atoms with E-state index in [0.717, 1.165) is 12.8 Å². The van der Waals surface area contributed by atoms with Gasteiger partial charge in [0.2, 0.25) is 0 Å². The van der Waals surface area contributed by atoms with Crippen LogP contribution in [-0.2, 0) is 9.59 Å². The lowest BCUT2D eigenvalue weighted by Crippen LogP contribution is -2.27. The number of unbranched alkanes of at least 4 members (excludes halogenated alkanes) is 1. The predicted molar refractivity (Wildman–Crippen MR) is 62.8 cm³/mol. The molecule has 0 amide bonds. The quantitative estimate of drug-likeness (QED) is 0.632. The van der Waals surface area contributed by atoms with Crippen LogP contribution in [0.1, 0.15) is 60.3 Å². The lowest BCUT2D eigenvalue weighted by molar-refractivity contribution is -0.130. The number of rotatable bonds is 6. The Morgan fingerprint density at radius 3 is 2.13 bits per heavy atom. The van der Waals surface area contributed by atoms with Gasteiger partial charge in [0, 0.05) is 12.3 Å². The Hall–Kier alpha value is -0.660. The molecule has 0 rings (SSSR count). The molecule has 0 bridgehead atoms. The minimum absolute atomic E-state index is 0.0388. The maximum Gasteiger partial charge on any atom is 0.143 e. The van der Waals surface area contributed by atoms with E-state index >= 15 is 0 Å². The smallest absolute Gasteiger partial charge is 0.143 e. The van der Waals surface area contributed by atoms with E-state index in [1.54, 1.807) is 0 Å². The van der Waals surface area contributed by atoms with Gasteiger partial charge in [-0.05, 0) is 11.8 Å². The Morgan fingerprint density at radius 2 is 1.73 bits per heavy atom. The van der Waals surface area contributed by atoms with Crippen molar-refractivity contribution in [2.24, 2.45) is 11.3 Å². The van der Waals surface area contributed by atoms with Crippen LogP contribution in [0.15, 0.2) is 0 Å². The van der Waals surface area contributed by atoms with Gasteiger partial charge in [-0.3, -0.25) is 9.59 Å². The molecule has 88 valence electrons. The molecule has 2 nitrogen and oxygen atoms in total. The first kappa shape index (κ1) is 14.3. The number of carbonyl (C=O) groups excluding carboxylic acids is 2. The monoisotopic (exact) mass is 212 g/mol. The van der Waals surface area contributed by atoms with E-state index < -0.39 is 0 Å². The fourth-order valence-corrected chi connectivity index (χ4v) is 1.29. The zero-order chi connectivity index (χ0) is 12.1. The molecule has 1 atom stereocenters. The topological polar surface area (TPSA) is 34.1 Å². The Bertz CT molecular complexity index is 223. The van der Waals surface area contributed by atoms with Gasteiger partial charge in [0.15, 0.2) is 0 Å². The van der Waals surface area contributed by atoms with Gasteiger partial charge in [0.25, 0.3) is 0 Å². The van der Waals surface area contributed by atoms with Crippen LogP contribution in [-0.4, -0.2) is 11.6 Å². The second-order valence-corrected chi connectivity index (χ2v) is 5.37. The summed E-state index contributed by atoms with van der Waals surface area (Å²) in [7, 11) is 0. The van der Waals surface area contributed by atoms with Crippen molar-refractivity contribution in [1.29, 1.82) is 0 Å². The highest BCUT2D eigenvalue weighted by Gasteiger charge is 2.27. The lowest BCUT2D eigenvalue weighted by Gasteiger charge is -2.25. The van der Waals surface area contributed by atoms with E-state index in [2.05, 4.69) is 0 Å². The summed E-state index contributed by atoms with van der Waals surface area (Å²) >= 11 is 0. The van der Waals surface area contributed by atoms with Crippen LogP contribution < -0.4 is 0 Å². The molecular weight excluding hydrogens is 188 g/mol. The van der Waals surface area contributed by atoms with Crippen LogP contribution in [0.5, 0.6) is 0 Å². The van der Waals surface area contributed by atoms with Crippen molar-refractivity contribution < 1.29 is 9.59 Å². The second-order valence-electron chi connectivity index (χ2n) is 5.37. The molecule has 1 unspecified atom stereocenters. The molecule has 0 aromatic rings. The van der Waals surface area contributed by atoms with Crippen LogP contribution >= 0.6 is 0 Å². The van der Waals surface area contributed by atoms with Gasteiger partial charge in [0.1, 0.15) is 11.6 Å². The molecule has 0 aliphatic heterocycles. The molecule has 0 spiro atoms. The minimum atomic E-state index is -0.0396. The van der Waals surface area contributed by atoms with Crippen molar-refractivity contribution in [3.63, 3.8) is 0 Å². The van der Waals surface area contributed by atoms with Crippen molar-refractivity contribution in [1.82, 2.24) is 0 Å². The second kappa shape index (κ2) is 6.04. The molecule has 0 aromatic heterocycles. The van der Waals surface area contributed by atoms with Gasteiger partial charge in [-0.25, -0.2) is 0 Å². The first-order valence-electron chi connectivity index (χ1n) is 5.83. The Labute approximate surface area is 93.4 Å². The fraction of sp³-hybridized carbons (Fsp3) is 0.846. The molecule has 15 heavy (non-hydrogen) atoms. The van der Waals surface area contributed by atoms with E-state index in [0.29, 0.717) is 6.42 Å². The molecule has 0 aliphatic carbocycles. The molecule has 0 aromatic carbocycles. The summed E-state index contributed by atoms with van der Waals surface area (Å²) in [6, 6.07) is 0. The Kier molecular flexibility index (Phi) is 5.77. The summed E-state index contributed by atoms with van der Waals surface area (Å²) < 4.78 is 0. The summed E-state index contributed by atoms with van der Waals surface area (Å²) in [5.41, 5.74) is -0.0396. The molecule has 0 radical (unpaired) electrons. The van der Waals surface area contributed by atoms with Crippen molar-refractivity contribution in [2.75, 3.05) is 0 Å². The fourth-order valence-electron chi connectivity index (χ4n) is 1.29. The van der Waals surface area contributed by atoms with E-state index in [1.165, 1.54) is 0 Å². The standard InChI is InChI=1S/C13H24O2/c1-6-7-8-11(14)9-12(15)10(2)13(3,4)5/h10H,6-9H2,1-5H3. The van der Waals surface area contributed by atoms with Crippen LogP contribution in [0.4, 0.5) is 0 Å². The molecule has 0 heterocycles. The Balaban J connectivity index is 4.08. The molecule has 0 fully saturated rings. The lowest BCUT2D eigenvalue weighted by atomic mass is 9.78. The third-order valence-corrected chi connectivity index (χ3v) is 2.96. The van der Waals surface area contributed by atoms with Gasteiger partial charge in [-0.1, -0.05) is 41.0 Å². The van der Waals surface area contributed by atoms with Crippen LogP contribution in [0, 0.1) is 11.3 Å². The van der Waals surface area contributed by atoms with Crippen molar-refractivity contribution in [3.05, 3.63) is 0 Å². The minimum Gasteiger partial charge on any atom is -0.299 e. The Morgan fingerprint density at radius 1 is 1.20 bits per heavy atom. The van der Waals surface area contributed by atoms with E-state index in [1.807, 2.05) is 34.6 Å². The summed E-state index contributed by atoms with van der Waals surface area (Å²) in [4.78, 5) is 23.2. The van der Waals surface area contributed by atoms with E-state index in [9.17, 15) is 9.59 Å². The zero-order valence-corrected chi connectivity index (χ0v) is 10.7. The molecule has 0 aliphatic rings. The SMILES string of the molecule is CCCCC(=O)CC(=O)C(C)C(C)(C)C. The summed E-state index contributed by atoms with van der Waals surface area (Å²) in [6.07, 6.45) is 2.59. The van der Waals surface area contributed by atoms with E-state index in [-0.39, 0.29) is 29.3 Å². The number of hydrogen-bond acceptors (Lipinski definition) is 2. The highest BCUT2D eigenvalue weighted by molar-refractivity contribution is 6.00. The number of hydrogen-bond donors (Lipinski definition) is 0.